The molecule has 0 amide bonds. The number of nitrogens with zero attached hydrogens (tertiary/aromatic N) is 3. The number of aromatic nitrogens is 3. The first kappa shape index (κ1) is 12.1. The number of hydrogen-bond acceptors (Lipinski definition) is 5. The van der Waals surface area contributed by atoms with Gasteiger partial charge in [-0.15, -0.1) is 0 Å². The summed E-state index contributed by atoms with van der Waals surface area (Å²) in [5.74, 6) is 0. The Morgan fingerprint density at radius 2 is 2.18 bits per heavy atom. The zero-order valence-electron chi connectivity index (χ0n) is 9.84. The third kappa shape index (κ3) is 3.57. The molecule has 0 spiro atoms. The number of nitrogens with one attached hydrogen (secondary N) is 1. The molecule has 1 unspecified atom stereocenters. The minimum absolute atomic E-state index is 0.246. The van der Waals surface area contributed by atoms with Crippen molar-refractivity contribution in [2.75, 3.05) is 6.54 Å². The van der Waals surface area contributed by atoms with Crippen LogP contribution in [0.15, 0.2) is 30.7 Å². The van der Waals surface area contributed by atoms with Crippen LogP contribution in [-0.2, 0) is 6.42 Å². The maximum absolute atomic E-state index is 4.32. The maximum atomic E-state index is 4.32. The molecule has 0 radical (unpaired) electrons. The van der Waals surface area contributed by atoms with E-state index in [0.717, 1.165) is 25.1 Å². The largest absolute Gasteiger partial charge is 0.308 e. The smallest absolute Gasteiger partial charge is 0.0915 e. The van der Waals surface area contributed by atoms with E-state index in [0.29, 0.717) is 0 Å². The topological polar surface area (TPSA) is 50.7 Å². The highest BCUT2D eigenvalue weighted by atomic mass is 32.1. The Morgan fingerprint density at radius 3 is 2.82 bits per heavy atom. The normalized spacial score (nSPS) is 12.5. The lowest BCUT2D eigenvalue weighted by Gasteiger charge is -2.15. The van der Waals surface area contributed by atoms with Crippen LogP contribution in [0.25, 0.3) is 0 Å². The van der Waals surface area contributed by atoms with E-state index in [-0.39, 0.29) is 6.04 Å². The molecule has 2 aromatic rings. The molecule has 2 rings (SSSR count). The predicted octanol–water partition coefficient (Wildman–Crippen LogP) is 2.22. The molecule has 1 N–H and O–H groups in total. The van der Waals surface area contributed by atoms with Crippen LogP contribution in [0.2, 0.25) is 0 Å². The van der Waals surface area contributed by atoms with Gasteiger partial charge in [0, 0.05) is 12.4 Å². The van der Waals surface area contributed by atoms with Crippen molar-refractivity contribution in [2.24, 2.45) is 0 Å². The van der Waals surface area contributed by atoms with Gasteiger partial charge in [-0.3, -0.25) is 4.98 Å². The second-order valence-electron chi connectivity index (χ2n) is 3.90. The monoisotopic (exact) mass is 248 g/mol. The Bertz CT molecular complexity index is 415. The molecule has 5 heteroatoms. The second kappa shape index (κ2) is 6.42. The van der Waals surface area contributed by atoms with E-state index in [1.165, 1.54) is 17.3 Å². The van der Waals surface area contributed by atoms with Gasteiger partial charge in [0.1, 0.15) is 0 Å². The Labute approximate surface area is 105 Å². The number of pyridine rings is 1. The molecule has 0 bridgehead atoms. The molecule has 0 saturated carbocycles. The molecule has 4 nitrogen and oxygen atoms in total. The Kier molecular flexibility index (Phi) is 4.58. The first-order chi connectivity index (χ1) is 8.40. The molecule has 17 heavy (non-hydrogen) atoms. The van der Waals surface area contributed by atoms with Gasteiger partial charge in [-0.2, -0.15) is 8.75 Å². The van der Waals surface area contributed by atoms with Gasteiger partial charge in [0.15, 0.2) is 0 Å². The van der Waals surface area contributed by atoms with E-state index >= 15 is 0 Å². The van der Waals surface area contributed by atoms with E-state index in [2.05, 4.69) is 26.0 Å². The highest BCUT2D eigenvalue weighted by Gasteiger charge is 2.13. The fourth-order valence-corrected chi connectivity index (χ4v) is 2.15. The summed E-state index contributed by atoms with van der Waals surface area (Å²) in [7, 11) is 0. The number of hydrogen-bond donors (Lipinski definition) is 1. The predicted molar refractivity (Wildman–Crippen MR) is 68.9 cm³/mol. The second-order valence-corrected chi connectivity index (χ2v) is 4.46. The van der Waals surface area contributed by atoms with Crippen molar-refractivity contribution >= 4 is 11.7 Å². The SMILES string of the molecule is CCCNC(Cc1ccncc1)c1cnsn1. The summed E-state index contributed by atoms with van der Waals surface area (Å²) >= 11 is 1.26. The minimum atomic E-state index is 0.246. The van der Waals surface area contributed by atoms with Crippen LogP contribution >= 0.6 is 11.7 Å². The van der Waals surface area contributed by atoms with Crippen molar-refractivity contribution in [1.29, 1.82) is 0 Å². The molecular weight excluding hydrogens is 232 g/mol. The summed E-state index contributed by atoms with van der Waals surface area (Å²) in [5.41, 5.74) is 2.29. The average molecular weight is 248 g/mol. The first-order valence-electron chi connectivity index (χ1n) is 5.80. The van der Waals surface area contributed by atoms with Crippen LogP contribution in [0.5, 0.6) is 0 Å². The van der Waals surface area contributed by atoms with Gasteiger partial charge in [0.2, 0.25) is 0 Å². The summed E-state index contributed by atoms with van der Waals surface area (Å²) < 4.78 is 8.39. The summed E-state index contributed by atoms with van der Waals surface area (Å²) in [6.45, 7) is 3.16. The Hall–Kier alpha value is -1.33. The Balaban J connectivity index is 2.06. The van der Waals surface area contributed by atoms with Gasteiger partial charge >= 0.3 is 0 Å². The molecule has 0 aliphatic carbocycles. The van der Waals surface area contributed by atoms with Crippen LogP contribution in [0.3, 0.4) is 0 Å². The van der Waals surface area contributed by atoms with Gasteiger partial charge in [0.05, 0.1) is 29.7 Å². The van der Waals surface area contributed by atoms with E-state index in [9.17, 15) is 0 Å². The molecular formula is C12H16N4S. The quantitative estimate of drug-likeness (QED) is 0.851. The molecule has 2 aromatic heterocycles. The molecule has 1 atom stereocenters. The van der Waals surface area contributed by atoms with Gasteiger partial charge in [0.25, 0.3) is 0 Å². The highest BCUT2D eigenvalue weighted by Crippen LogP contribution is 2.16. The zero-order valence-corrected chi connectivity index (χ0v) is 10.7. The van der Waals surface area contributed by atoms with Crippen LogP contribution in [0.1, 0.15) is 30.6 Å². The standard InChI is InChI=1S/C12H16N4S/c1-2-5-14-11(12-9-15-17-16-12)8-10-3-6-13-7-4-10/h3-4,6-7,9,11,14H,2,5,8H2,1H3. The van der Waals surface area contributed by atoms with Crippen molar-refractivity contribution in [1.82, 2.24) is 19.0 Å². The molecule has 0 saturated heterocycles. The van der Waals surface area contributed by atoms with Crippen LogP contribution in [0, 0.1) is 0 Å². The van der Waals surface area contributed by atoms with Crippen molar-refractivity contribution in [2.45, 2.75) is 25.8 Å². The number of rotatable bonds is 6. The average Bonchev–Trinajstić information content (AvgIpc) is 2.89. The first-order valence-corrected chi connectivity index (χ1v) is 6.53. The van der Waals surface area contributed by atoms with Crippen molar-refractivity contribution in [3.05, 3.63) is 42.0 Å². The van der Waals surface area contributed by atoms with Gasteiger partial charge < -0.3 is 5.32 Å². The van der Waals surface area contributed by atoms with Crippen LogP contribution in [-0.4, -0.2) is 20.3 Å². The molecule has 0 fully saturated rings. The molecule has 90 valence electrons. The van der Waals surface area contributed by atoms with Crippen molar-refractivity contribution in [3.63, 3.8) is 0 Å². The van der Waals surface area contributed by atoms with Crippen LogP contribution < -0.4 is 5.32 Å². The summed E-state index contributed by atoms with van der Waals surface area (Å²) in [5, 5.41) is 3.50. The zero-order chi connectivity index (χ0) is 11.9. The fourth-order valence-electron chi connectivity index (χ4n) is 1.68. The van der Waals surface area contributed by atoms with Gasteiger partial charge in [-0.25, -0.2) is 0 Å². The molecule has 0 aromatic carbocycles. The summed E-state index contributed by atoms with van der Waals surface area (Å²) in [4.78, 5) is 4.03. The molecule has 2 heterocycles. The maximum Gasteiger partial charge on any atom is 0.0915 e. The minimum Gasteiger partial charge on any atom is -0.308 e. The van der Waals surface area contributed by atoms with Crippen molar-refractivity contribution in [3.8, 4) is 0 Å². The highest BCUT2D eigenvalue weighted by molar-refractivity contribution is 6.99. The summed E-state index contributed by atoms with van der Waals surface area (Å²) in [6, 6.07) is 4.33. The molecule has 0 aliphatic heterocycles. The third-order valence-corrected chi connectivity index (χ3v) is 3.06. The van der Waals surface area contributed by atoms with E-state index in [1.54, 1.807) is 0 Å². The Morgan fingerprint density at radius 1 is 1.35 bits per heavy atom. The van der Waals surface area contributed by atoms with Gasteiger partial charge in [-0.05, 0) is 37.1 Å². The van der Waals surface area contributed by atoms with E-state index < -0.39 is 0 Å². The third-order valence-electron chi connectivity index (χ3n) is 2.57. The van der Waals surface area contributed by atoms with Crippen LogP contribution in [0.4, 0.5) is 0 Å². The summed E-state index contributed by atoms with van der Waals surface area (Å²) in [6.07, 6.45) is 7.54. The lowest BCUT2D eigenvalue weighted by Crippen LogP contribution is -2.24. The van der Waals surface area contributed by atoms with E-state index in [1.807, 2.05) is 30.7 Å². The fraction of sp³-hybridized carbons (Fsp3) is 0.417. The molecule has 0 aliphatic rings. The lowest BCUT2D eigenvalue weighted by atomic mass is 10.0. The lowest BCUT2D eigenvalue weighted by molar-refractivity contribution is 0.521. The van der Waals surface area contributed by atoms with Gasteiger partial charge in [-0.1, -0.05) is 6.92 Å². The van der Waals surface area contributed by atoms with E-state index in [4.69, 9.17) is 0 Å². The van der Waals surface area contributed by atoms with Crippen molar-refractivity contribution < 1.29 is 0 Å².